The van der Waals surface area contributed by atoms with Crippen LogP contribution in [0.15, 0.2) is 48.5 Å². The van der Waals surface area contributed by atoms with Gasteiger partial charge >= 0.3 is 5.97 Å². The second-order valence-corrected chi connectivity index (χ2v) is 5.73. The van der Waals surface area contributed by atoms with E-state index in [2.05, 4.69) is 0 Å². The third kappa shape index (κ3) is 4.94. The van der Waals surface area contributed by atoms with Gasteiger partial charge in [0.05, 0.1) is 20.8 Å². The first-order chi connectivity index (χ1) is 13.0. The van der Waals surface area contributed by atoms with Gasteiger partial charge in [0.15, 0.2) is 23.1 Å². The van der Waals surface area contributed by atoms with E-state index in [0.29, 0.717) is 17.1 Å². The highest BCUT2D eigenvalue weighted by molar-refractivity contribution is 6.12. The van der Waals surface area contributed by atoms with Crippen LogP contribution < -0.4 is 9.47 Å². The van der Waals surface area contributed by atoms with Crippen molar-refractivity contribution in [1.29, 1.82) is 0 Å². The van der Waals surface area contributed by atoms with E-state index < -0.39 is 17.7 Å². The average Bonchev–Trinajstić information content (AvgIpc) is 2.71. The summed E-state index contributed by atoms with van der Waals surface area (Å²) >= 11 is 0. The summed E-state index contributed by atoms with van der Waals surface area (Å²) in [7, 11) is 2.94. The third-order valence-corrected chi connectivity index (χ3v) is 4.04. The topological polar surface area (TPSA) is 78.9 Å². The lowest BCUT2D eigenvalue weighted by molar-refractivity contribution is -0.146. The highest BCUT2D eigenvalue weighted by Gasteiger charge is 2.32. The molecule has 0 aliphatic heterocycles. The van der Waals surface area contributed by atoms with E-state index in [1.165, 1.54) is 26.4 Å². The van der Waals surface area contributed by atoms with Gasteiger partial charge in [0.1, 0.15) is 5.92 Å². The number of hydrogen-bond acceptors (Lipinski definition) is 6. The van der Waals surface area contributed by atoms with Gasteiger partial charge in [-0.05, 0) is 25.1 Å². The van der Waals surface area contributed by atoms with E-state index in [9.17, 15) is 14.4 Å². The summed E-state index contributed by atoms with van der Waals surface area (Å²) in [6, 6.07) is 13.1. The minimum absolute atomic E-state index is 0.119. The molecular formula is C21H22O6. The summed E-state index contributed by atoms with van der Waals surface area (Å²) in [4.78, 5) is 37.8. The Kier molecular flexibility index (Phi) is 7.11. The molecule has 2 aromatic rings. The summed E-state index contributed by atoms with van der Waals surface area (Å²) in [6.07, 6.45) is -0.268. The van der Waals surface area contributed by atoms with Crippen LogP contribution in [0, 0.1) is 5.92 Å². The quantitative estimate of drug-likeness (QED) is 0.383. The van der Waals surface area contributed by atoms with Crippen LogP contribution in [0.3, 0.4) is 0 Å². The molecule has 1 unspecified atom stereocenters. The second-order valence-electron chi connectivity index (χ2n) is 5.73. The molecule has 0 aliphatic rings. The molecule has 0 radical (unpaired) electrons. The van der Waals surface area contributed by atoms with Gasteiger partial charge in [0.2, 0.25) is 0 Å². The number of carbonyl (C=O) groups is 3. The fourth-order valence-corrected chi connectivity index (χ4v) is 2.64. The van der Waals surface area contributed by atoms with Crippen LogP contribution in [0.4, 0.5) is 0 Å². The number of Topliss-reactive ketones (excluding diaryl/α,β-unsaturated/α-hetero) is 2. The first-order valence-electron chi connectivity index (χ1n) is 8.52. The molecule has 0 bridgehead atoms. The molecule has 0 amide bonds. The van der Waals surface area contributed by atoms with Gasteiger partial charge in [0.25, 0.3) is 0 Å². The molecule has 2 rings (SSSR count). The highest BCUT2D eigenvalue weighted by atomic mass is 16.5. The molecule has 0 aromatic heterocycles. The van der Waals surface area contributed by atoms with Crippen molar-refractivity contribution in [3.8, 4) is 11.5 Å². The first-order valence-corrected chi connectivity index (χ1v) is 8.52. The van der Waals surface area contributed by atoms with Gasteiger partial charge in [0, 0.05) is 17.5 Å². The molecule has 0 saturated carbocycles. The van der Waals surface area contributed by atoms with E-state index in [0.717, 1.165) is 0 Å². The van der Waals surface area contributed by atoms with Crippen molar-refractivity contribution in [2.24, 2.45) is 5.92 Å². The van der Waals surface area contributed by atoms with Crippen LogP contribution in [0.5, 0.6) is 11.5 Å². The summed E-state index contributed by atoms with van der Waals surface area (Å²) < 4.78 is 15.4. The zero-order chi connectivity index (χ0) is 19.8. The SMILES string of the molecule is CCOC(=O)C(CC(=O)c1ccccc1)C(=O)c1ccc(OC)c(OC)c1. The smallest absolute Gasteiger partial charge is 0.317 e. The van der Waals surface area contributed by atoms with Crippen LogP contribution in [-0.2, 0) is 9.53 Å². The van der Waals surface area contributed by atoms with Crippen molar-refractivity contribution in [3.05, 3.63) is 59.7 Å². The predicted molar refractivity (Wildman–Crippen MR) is 99.4 cm³/mol. The molecule has 6 nitrogen and oxygen atoms in total. The second kappa shape index (κ2) is 9.52. The maximum absolute atomic E-state index is 12.9. The molecule has 0 saturated heterocycles. The van der Waals surface area contributed by atoms with Crippen LogP contribution in [0.1, 0.15) is 34.1 Å². The monoisotopic (exact) mass is 370 g/mol. The van der Waals surface area contributed by atoms with Crippen molar-refractivity contribution in [2.45, 2.75) is 13.3 Å². The van der Waals surface area contributed by atoms with Crippen molar-refractivity contribution in [3.63, 3.8) is 0 Å². The molecule has 0 spiro atoms. The Morgan fingerprint density at radius 2 is 1.56 bits per heavy atom. The minimum Gasteiger partial charge on any atom is -0.493 e. The largest absolute Gasteiger partial charge is 0.493 e. The van der Waals surface area contributed by atoms with E-state index in [1.807, 2.05) is 0 Å². The van der Waals surface area contributed by atoms with Crippen LogP contribution >= 0.6 is 0 Å². The van der Waals surface area contributed by atoms with Crippen LogP contribution in [0.2, 0.25) is 0 Å². The summed E-state index contributed by atoms with van der Waals surface area (Å²) in [5.74, 6) is -1.93. The Labute approximate surface area is 158 Å². The van der Waals surface area contributed by atoms with Crippen LogP contribution in [0.25, 0.3) is 0 Å². The molecular weight excluding hydrogens is 348 g/mol. The number of benzene rings is 2. The zero-order valence-corrected chi connectivity index (χ0v) is 15.6. The maximum Gasteiger partial charge on any atom is 0.317 e. The zero-order valence-electron chi connectivity index (χ0n) is 15.6. The number of ketones is 2. The molecule has 142 valence electrons. The van der Waals surface area contributed by atoms with Gasteiger partial charge in [-0.15, -0.1) is 0 Å². The lowest BCUT2D eigenvalue weighted by Gasteiger charge is -2.15. The maximum atomic E-state index is 12.9. The molecule has 0 aliphatic carbocycles. The molecule has 1 atom stereocenters. The average molecular weight is 370 g/mol. The Hall–Kier alpha value is -3.15. The van der Waals surface area contributed by atoms with Gasteiger partial charge < -0.3 is 14.2 Å². The lowest BCUT2D eigenvalue weighted by atomic mass is 9.90. The number of hydrogen-bond donors (Lipinski definition) is 0. The summed E-state index contributed by atoms with van der Waals surface area (Å²) in [5, 5.41) is 0. The number of carbonyl (C=O) groups excluding carboxylic acids is 3. The van der Waals surface area contributed by atoms with Crippen molar-refractivity contribution >= 4 is 17.5 Å². The summed E-state index contributed by atoms with van der Waals surface area (Å²) in [6.45, 7) is 1.77. The van der Waals surface area contributed by atoms with E-state index >= 15 is 0 Å². The highest BCUT2D eigenvalue weighted by Crippen LogP contribution is 2.29. The van der Waals surface area contributed by atoms with Gasteiger partial charge in [-0.25, -0.2) is 0 Å². The Morgan fingerprint density at radius 1 is 0.889 bits per heavy atom. The number of ether oxygens (including phenoxy) is 3. The van der Waals surface area contributed by atoms with Crippen LogP contribution in [-0.4, -0.2) is 38.4 Å². The van der Waals surface area contributed by atoms with Crippen molar-refractivity contribution in [1.82, 2.24) is 0 Å². The third-order valence-electron chi connectivity index (χ3n) is 4.04. The normalized spacial score (nSPS) is 11.4. The van der Waals surface area contributed by atoms with E-state index in [4.69, 9.17) is 14.2 Å². The van der Waals surface area contributed by atoms with Gasteiger partial charge in [-0.1, -0.05) is 30.3 Å². The minimum atomic E-state index is -1.23. The molecule has 0 N–H and O–H groups in total. The molecule has 6 heteroatoms. The van der Waals surface area contributed by atoms with Crippen molar-refractivity contribution in [2.75, 3.05) is 20.8 Å². The Balaban J connectivity index is 2.31. The number of esters is 1. The first kappa shape index (κ1) is 20.2. The number of rotatable bonds is 9. The lowest BCUT2D eigenvalue weighted by Crippen LogP contribution is -2.29. The molecule has 0 heterocycles. The predicted octanol–water partition coefficient (Wildman–Crippen LogP) is 3.34. The Morgan fingerprint density at radius 3 is 2.15 bits per heavy atom. The molecule has 2 aromatic carbocycles. The Bertz CT molecular complexity index is 813. The van der Waals surface area contributed by atoms with Gasteiger partial charge in [-0.2, -0.15) is 0 Å². The molecule has 0 fully saturated rings. The molecule has 27 heavy (non-hydrogen) atoms. The van der Waals surface area contributed by atoms with E-state index in [-0.39, 0.29) is 24.4 Å². The van der Waals surface area contributed by atoms with Gasteiger partial charge in [-0.3, -0.25) is 14.4 Å². The summed E-state index contributed by atoms with van der Waals surface area (Å²) in [5.41, 5.74) is 0.679. The fraction of sp³-hybridized carbons (Fsp3) is 0.286. The number of methoxy groups -OCH3 is 2. The van der Waals surface area contributed by atoms with Crippen molar-refractivity contribution < 1.29 is 28.6 Å². The fourth-order valence-electron chi connectivity index (χ4n) is 2.64. The van der Waals surface area contributed by atoms with E-state index in [1.54, 1.807) is 43.3 Å². The standard InChI is InChI=1S/C21H22O6/c1-4-27-21(24)16(13-17(22)14-8-6-5-7-9-14)20(23)15-10-11-18(25-2)19(12-15)26-3/h5-12,16H,4,13H2,1-3H3.